The fraction of sp³-hybridized carbons (Fsp3) is 0.556. The van der Waals surface area contributed by atoms with Gasteiger partial charge in [-0.3, -0.25) is 9.48 Å². The molecular weight excluding hydrogens is 198 g/mol. The van der Waals surface area contributed by atoms with Gasteiger partial charge in [0.1, 0.15) is 0 Å². The Balaban J connectivity index is 1.91. The SMILES string of the molecule is Cn1cc(NC(=O)C2COCCO2)cn1. The number of carbonyl (C=O) groups excluding carboxylic acids is 1. The maximum atomic E-state index is 11.6. The van der Waals surface area contributed by atoms with E-state index >= 15 is 0 Å². The molecule has 1 aliphatic rings. The van der Waals surface area contributed by atoms with E-state index in [4.69, 9.17) is 9.47 Å². The van der Waals surface area contributed by atoms with Crippen molar-refractivity contribution in [1.82, 2.24) is 9.78 Å². The lowest BCUT2D eigenvalue weighted by atomic mass is 10.3. The molecule has 6 nitrogen and oxygen atoms in total. The Morgan fingerprint density at radius 3 is 3.13 bits per heavy atom. The van der Waals surface area contributed by atoms with E-state index in [0.717, 1.165) is 0 Å². The second kappa shape index (κ2) is 4.41. The number of nitrogens with zero attached hydrogens (tertiary/aromatic N) is 2. The molecule has 0 bridgehead atoms. The highest BCUT2D eigenvalue weighted by Crippen LogP contribution is 2.07. The van der Waals surface area contributed by atoms with E-state index in [-0.39, 0.29) is 5.91 Å². The van der Waals surface area contributed by atoms with Crippen molar-refractivity contribution in [2.24, 2.45) is 7.05 Å². The first-order valence-electron chi connectivity index (χ1n) is 4.74. The average Bonchev–Trinajstić information content (AvgIpc) is 2.65. The molecule has 0 saturated carbocycles. The summed E-state index contributed by atoms with van der Waals surface area (Å²) in [6.07, 6.45) is 2.79. The van der Waals surface area contributed by atoms with E-state index in [0.29, 0.717) is 25.5 Å². The monoisotopic (exact) mass is 211 g/mol. The molecule has 6 heteroatoms. The average molecular weight is 211 g/mol. The minimum absolute atomic E-state index is 0.192. The minimum Gasteiger partial charge on any atom is -0.376 e. The van der Waals surface area contributed by atoms with Crippen LogP contribution in [0.3, 0.4) is 0 Å². The Hall–Kier alpha value is -1.40. The molecule has 0 aromatic carbocycles. The molecule has 0 radical (unpaired) electrons. The number of aryl methyl sites for hydroxylation is 1. The third-order valence-electron chi connectivity index (χ3n) is 2.08. The molecule has 1 amide bonds. The van der Waals surface area contributed by atoms with Gasteiger partial charge in [-0.1, -0.05) is 0 Å². The summed E-state index contributed by atoms with van der Waals surface area (Å²) in [6.45, 7) is 1.33. The van der Waals surface area contributed by atoms with Gasteiger partial charge in [-0.2, -0.15) is 5.10 Å². The van der Waals surface area contributed by atoms with Gasteiger partial charge in [0, 0.05) is 13.2 Å². The lowest BCUT2D eigenvalue weighted by molar-refractivity contribution is -0.142. The summed E-state index contributed by atoms with van der Waals surface area (Å²) in [4.78, 5) is 11.6. The highest BCUT2D eigenvalue weighted by molar-refractivity contribution is 5.94. The summed E-state index contributed by atoms with van der Waals surface area (Å²) in [5, 5.41) is 6.65. The Labute approximate surface area is 87.2 Å². The second-order valence-electron chi connectivity index (χ2n) is 3.33. The van der Waals surface area contributed by atoms with E-state index in [1.807, 2.05) is 0 Å². The van der Waals surface area contributed by atoms with Crippen LogP contribution in [0.1, 0.15) is 0 Å². The molecule has 1 N–H and O–H groups in total. The van der Waals surface area contributed by atoms with Crippen LogP contribution in [-0.2, 0) is 21.3 Å². The molecule has 1 aliphatic heterocycles. The zero-order valence-electron chi connectivity index (χ0n) is 8.47. The first-order chi connectivity index (χ1) is 7.25. The number of carbonyl (C=O) groups is 1. The van der Waals surface area contributed by atoms with Crippen molar-refractivity contribution in [3.8, 4) is 0 Å². The standard InChI is InChI=1S/C9H13N3O3/c1-12-5-7(4-10-12)11-9(13)8-6-14-2-3-15-8/h4-5,8H,2-3,6H2,1H3,(H,11,13). The molecule has 1 fully saturated rings. The largest absolute Gasteiger partial charge is 0.376 e. The Morgan fingerprint density at radius 1 is 1.67 bits per heavy atom. The molecule has 0 spiro atoms. The van der Waals surface area contributed by atoms with Gasteiger partial charge in [0.05, 0.1) is 31.7 Å². The van der Waals surface area contributed by atoms with Gasteiger partial charge in [0.2, 0.25) is 0 Å². The maximum absolute atomic E-state index is 11.6. The van der Waals surface area contributed by atoms with Crippen LogP contribution in [0.4, 0.5) is 5.69 Å². The van der Waals surface area contributed by atoms with E-state index < -0.39 is 6.10 Å². The normalized spacial score (nSPS) is 21.3. The first kappa shape index (κ1) is 10.1. The molecule has 2 rings (SSSR count). The highest BCUT2D eigenvalue weighted by Gasteiger charge is 2.22. The molecule has 0 aliphatic carbocycles. The molecule has 1 atom stereocenters. The zero-order valence-corrected chi connectivity index (χ0v) is 8.47. The summed E-state index contributed by atoms with van der Waals surface area (Å²) in [7, 11) is 1.79. The lowest BCUT2D eigenvalue weighted by Gasteiger charge is -2.21. The topological polar surface area (TPSA) is 65.4 Å². The Morgan fingerprint density at radius 2 is 2.53 bits per heavy atom. The number of anilines is 1. The number of amides is 1. The number of hydrogen-bond acceptors (Lipinski definition) is 4. The smallest absolute Gasteiger partial charge is 0.256 e. The number of nitrogens with one attached hydrogen (secondary N) is 1. The Bertz CT molecular complexity index is 344. The van der Waals surface area contributed by atoms with Crippen molar-refractivity contribution in [3.05, 3.63) is 12.4 Å². The van der Waals surface area contributed by atoms with Crippen LogP contribution < -0.4 is 5.32 Å². The maximum Gasteiger partial charge on any atom is 0.256 e. The van der Waals surface area contributed by atoms with Crippen LogP contribution in [0.15, 0.2) is 12.4 Å². The number of ether oxygens (including phenoxy) is 2. The molecule has 1 aromatic rings. The van der Waals surface area contributed by atoms with Gasteiger partial charge in [0.25, 0.3) is 5.91 Å². The van der Waals surface area contributed by atoms with Gasteiger partial charge in [-0.25, -0.2) is 0 Å². The van der Waals surface area contributed by atoms with Crippen molar-refractivity contribution >= 4 is 11.6 Å². The van der Waals surface area contributed by atoms with Crippen LogP contribution in [0.25, 0.3) is 0 Å². The van der Waals surface area contributed by atoms with Crippen molar-refractivity contribution in [1.29, 1.82) is 0 Å². The number of rotatable bonds is 2. The summed E-state index contributed by atoms with van der Waals surface area (Å²) < 4.78 is 12.0. The van der Waals surface area contributed by atoms with Crippen molar-refractivity contribution in [3.63, 3.8) is 0 Å². The molecule has 2 heterocycles. The molecular formula is C9H13N3O3. The minimum atomic E-state index is -0.515. The highest BCUT2D eigenvalue weighted by atomic mass is 16.6. The molecule has 82 valence electrons. The third-order valence-corrected chi connectivity index (χ3v) is 2.08. The quantitative estimate of drug-likeness (QED) is 0.734. The fourth-order valence-electron chi connectivity index (χ4n) is 1.35. The van der Waals surface area contributed by atoms with Crippen molar-refractivity contribution in [2.75, 3.05) is 25.1 Å². The Kier molecular flexibility index (Phi) is 2.98. The molecule has 1 saturated heterocycles. The van der Waals surface area contributed by atoms with Crippen molar-refractivity contribution in [2.45, 2.75) is 6.10 Å². The summed E-state index contributed by atoms with van der Waals surface area (Å²) in [6, 6.07) is 0. The van der Waals surface area contributed by atoms with Crippen LogP contribution >= 0.6 is 0 Å². The van der Waals surface area contributed by atoms with E-state index in [1.54, 1.807) is 24.1 Å². The van der Waals surface area contributed by atoms with E-state index in [9.17, 15) is 4.79 Å². The zero-order chi connectivity index (χ0) is 10.7. The molecule has 1 unspecified atom stereocenters. The molecule has 15 heavy (non-hydrogen) atoms. The van der Waals surface area contributed by atoms with E-state index in [1.165, 1.54) is 0 Å². The third kappa shape index (κ3) is 2.54. The summed E-state index contributed by atoms with van der Waals surface area (Å²) >= 11 is 0. The van der Waals surface area contributed by atoms with Crippen LogP contribution in [0.2, 0.25) is 0 Å². The van der Waals surface area contributed by atoms with Crippen LogP contribution in [0.5, 0.6) is 0 Å². The second-order valence-corrected chi connectivity index (χ2v) is 3.33. The summed E-state index contributed by atoms with van der Waals surface area (Å²) in [5.41, 5.74) is 0.664. The summed E-state index contributed by atoms with van der Waals surface area (Å²) in [5.74, 6) is -0.192. The number of hydrogen-bond donors (Lipinski definition) is 1. The lowest BCUT2D eigenvalue weighted by Crippen LogP contribution is -2.38. The first-order valence-corrected chi connectivity index (χ1v) is 4.74. The van der Waals surface area contributed by atoms with Gasteiger partial charge in [-0.15, -0.1) is 0 Å². The number of aromatic nitrogens is 2. The van der Waals surface area contributed by atoms with Gasteiger partial charge >= 0.3 is 0 Å². The van der Waals surface area contributed by atoms with Gasteiger partial charge in [-0.05, 0) is 0 Å². The predicted octanol–water partition coefficient (Wildman–Crippen LogP) is -0.226. The van der Waals surface area contributed by atoms with Crippen LogP contribution in [0, 0.1) is 0 Å². The van der Waals surface area contributed by atoms with Crippen LogP contribution in [-0.4, -0.2) is 41.6 Å². The predicted molar refractivity (Wildman–Crippen MR) is 52.4 cm³/mol. The van der Waals surface area contributed by atoms with Gasteiger partial charge in [0.15, 0.2) is 6.10 Å². The van der Waals surface area contributed by atoms with Gasteiger partial charge < -0.3 is 14.8 Å². The fourth-order valence-corrected chi connectivity index (χ4v) is 1.35. The molecule has 1 aromatic heterocycles. The van der Waals surface area contributed by atoms with Crippen molar-refractivity contribution < 1.29 is 14.3 Å². The van der Waals surface area contributed by atoms with E-state index in [2.05, 4.69) is 10.4 Å².